The lowest BCUT2D eigenvalue weighted by atomic mass is 9.92. The molecule has 0 bridgehead atoms. The molecule has 1 aromatic carbocycles. The highest BCUT2D eigenvalue weighted by molar-refractivity contribution is 8.00. The van der Waals surface area contributed by atoms with Crippen molar-refractivity contribution in [1.29, 1.82) is 0 Å². The minimum atomic E-state index is -1.43. The number of ether oxygens (including phenoxy) is 2. The van der Waals surface area contributed by atoms with Crippen LogP contribution in [0.3, 0.4) is 0 Å². The molecule has 2 aliphatic rings. The number of likely N-dealkylation sites (tertiary alicyclic amines) is 1. The summed E-state index contributed by atoms with van der Waals surface area (Å²) in [7, 11) is 1.94. The number of likely N-dealkylation sites (N-methyl/N-ethyl adjacent to an activating group) is 1. The van der Waals surface area contributed by atoms with Crippen LogP contribution >= 0.6 is 35.3 Å². The fourth-order valence-corrected chi connectivity index (χ4v) is 8.75. The third kappa shape index (κ3) is 12.7. The van der Waals surface area contributed by atoms with Crippen LogP contribution in [0.25, 0.3) is 0 Å². The topological polar surface area (TPSA) is 224 Å². The second-order valence-corrected chi connectivity index (χ2v) is 16.5. The van der Waals surface area contributed by atoms with Gasteiger partial charge in [0.15, 0.2) is 0 Å². The highest BCUT2D eigenvalue weighted by atomic mass is 32.2. The van der Waals surface area contributed by atoms with E-state index in [0.29, 0.717) is 36.2 Å². The fraction of sp³-hybridized carbons (Fsp3) is 0.758. The Morgan fingerprint density at radius 3 is 2.43 bits per heavy atom. The number of hydrogen-bond donors (Lipinski definition) is 7. The molecule has 3 rings (SSSR count). The van der Waals surface area contributed by atoms with Gasteiger partial charge in [-0.05, 0) is 49.8 Å². The monoisotopic (exact) mass is 778 g/mol. The van der Waals surface area contributed by atoms with Gasteiger partial charge in [0, 0.05) is 35.4 Å². The lowest BCUT2D eigenvalue weighted by Crippen LogP contribution is -2.65. The molecular formula is C33H54N4O11S3. The van der Waals surface area contributed by atoms with Gasteiger partial charge in [0.2, 0.25) is 11.8 Å². The first-order valence-corrected chi connectivity index (χ1v) is 20.6. The van der Waals surface area contributed by atoms with E-state index in [0.717, 1.165) is 25.8 Å². The summed E-state index contributed by atoms with van der Waals surface area (Å²) in [6.07, 6.45) is -1.74. The first kappa shape index (κ1) is 43.7. The molecule has 2 heterocycles. The molecule has 0 saturated carbocycles. The van der Waals surface area contributed by atoms with Crippen molar-refractivity contribution >= 4 is 52.8 Å². The van der Waals surface area contributed by atoms with E-state index in [-0.39, 0.29) is 28.6 Å². The summed E-state index contributed by atoms with van der Waals surface area (Å²) in [5, 5.41) is 68.6. The van der Waals surface area contributed by atoms with Crippen LogP contribution in [-0.4, -0.2) is 157 Å². The van der Waals surface area contributed by atoms with E-state index in [1.54, 1.807) is 6.26 Å². The van der Waals surface area contributed by atoms with E-state index in [2.05, 4.69) is 22.5 Å². The molecule has 18 heteroatoms. The molecule has 0 aromatic heterocycles. The number of aliphatic hydroxyl groups excluding tert-OH is 5. The summed E-state index contributed by atoms with van der Waals surface area (Å²) in [6.45, 7) is 5.09. The zero-order chi connectivity index (χ0) is 37.7. The van der Waals surface area contributed by atoms with E-state index in [9.17, 15) is 45.2 Å². The molecule has 2 amide bonds. The lowest BCUT2D eigenvalue weighted by Gasteiger charge is -2.44. The summed E-state index contributed by atoms with van der Waals surface area (Å²) < 4.78 is 11.8. The van der Waals surface area contributed by atoms with Gasteiger partial charge in [0.05, 0.1) is 48.6 Å². The van der Waals surface area contributed by atoms with Gasteiger partial charge in [-0.1, -0.05) is 20.3 Å². The van der Waals surface area contributed by atoms with E-state index in [1.807, 2.05) is 14.0 Å². The minimum absolute atomic E-state index is 0.0662. The summed E-state index contributed by atoms with van der Waals surface area (Å²) in [5.74, 6) is 1.01. The van der Waals surface area contributed by atoms with Gasteiger partial charge in [0.1, 0.15) is 36.0 Å². The number of amides is 2. The molecule has 2 aliphatic heterocycles. The van der Waals surface area contributed by atoms with Crippen molar-refractivity contribution < 1.29 is 49.5 Å². The van der Waals surface area contributed by atoms with Crippen molar-refractivity contribution in [1.82, 2.24) is 15.5 Å². The molecule has 290 valence electrons. The quantitative estimate of drug-likeness (QED) is 0.0520. The third-order valence-corrected chi connectivity index (χ3v) is 12.2. The predicted octanol–water partition coefficient (Wildman–Crippen LogP) is 0.753. The molecule has 7 N–H and O–H groups in total. The molecule has 1 aromatic rings. The van der Waals surface area contributed by atoms with Crippen molar-refractivity contribution in [3.05, 3.63) is 39.9 Å². The zero-order valence-corrected chi connectivity index (χ0v) is 32.0. The van der Waals surface area contributed by atoms with Gasteiger partial charge >= 0.3 is 0 Å². The number of nitrogens with zero attached hydrogens (tertiary/aromatic N) is 2. The fourth-order valence-electron chi connectivity index (χ4n) is 6.40. The number of benzene rings is 1. The number of carbonyl (C=O) groups is 2. The predicted molar refractivity (Wildman–Crippen MR) is 199 cm³/mol. The lowest BCUT2D eigenvalue weighted by molar-refractivity contribution is -0.384. The SMILES string of the molecule is CCC[C@@H]1C[C@@H](C(=O)NC([C@H]2O[C@H](SC)[C@H](O)[C@@H](O)[C@H]2O)[C@@H](C)SCCOCCSCC(=O)N[C@H](CO)[C@H](O)c2ccc([N+](=O)[O-])cc2)N(C)C1. The number of non-ortho nitro benzene ring substituents is 1. The Morgan fingerprint density at radius 2 is 1.80 bits per heavy atom. The van der Waals surface area contributed by atoms with Crippen molar-refractivity contribution in [2.75, 3.05) is 56.9 Å². The molecular weight excluding hydrogens is 725 g/mol. The molecule has 0 spiro atoms. The van der Waals surface area contributed by atoms with Gasteiger partial charge in [-0.2, -0.15) is 11.8 Å². The van der Waals surface area contributed by atoms with Gasteiger partial charge in [-0.3, -0.25) is 24.6 Å². The van der Waals surface area contributed by atoms with Crippen LogP contribution in [0.15, 0.2) is 24.3 Å². The molecule has 0 radical (unpaired) electrons. The Morgan fingerprint density at radius 1 is 1.12 bits per heavy atom. The summed E-state index contributed by atoms with van der Waals surface area (Å²) in [4.78, 5) is 38.4. The summed E-state index contributed by atoms with van der Waals surface area (Å²) in [6, 6.07) is 3.27. The minimum Gasteiger partial charge on any atom is -0.394 e. The van der Waals surface area contributed by atoms with E-state index < -0.39 is 65.5 Å². The Kier molecular flexibility index (Phi) is 18.7. The largest absolute Gasteiger partial charge is 0.394 e. The van der Waals surface area contributed by atoms with Crippen LogP contribution in [0, 0.1) is 16.0 Å². The highest BCUT2D eigenvalue weighted by Crippen LogP contribution is 2.32. The average Bonchev–Trinajstić information content (AvgIpc) is 3.49. The molecule has 2 fully saturated rings. The molecule has 11 atom stereocenters. The zero-order valence-electron chi connectivity index (χ0n) is 29.5. The van der Waals surface area contributed by atoms with Crippen molar-refractivity contribution in [3.63, 3.8) is 0 Å². The Hall–Kier alpha value is -1.71. The summed E-state index contributed by atoms with van der Waals surface area (Å²) in [5.41, 5.74) is -0.582. The average molecular weight is 779 g/mol. The van der Waals surface area contributed by atoms with Crippen LogP contribution in [0.1, 0.15) is 44.8 Å². The van der Waals surface area contributed by atoms with Crippen LogP contribution in [0.2, 0.25) is 0 Å². The van der Waals surface area contributed by atoms with E-state index in [4.69, 9.17) is 9.47 Å². The number of hydrogen-bond acceptors (Lipinski definition) is 15. The maximum atomic E-state index is 13.6. The number of nitrogens with one attached hydrogen (secondary N) is 2. The number of rotatable bonds is 21. The maximum Gasteiger partial charge on any atom is 0.269 e. The second kappa shape index (κ2) is 21.9. The molecule has 2 saturated heterocycles. The number of carbonyl (C=O) groups excluding carboxylic acids is 2. The van der Waals surface area contributed by atoms with Crippen molar-refractivity contribution in [2.24, 2.45) is 5.92 Å². The number of nitro groups is 1. The first-order chi connectivity index (χ1) is 24.3. The van der Waals surface area contributed by atoms with Gasteiger partial charge in [0.25, 0.3) is 5.69 Å². The highest BCUT2D eigenvalue weighted by Gasteiger charge is 2.48. The van der Waals surface area contributed by atoms with Crippen LogP contribution in [0.5, 0.6) is 0 Å². The summed E-state index contributed by atoms with van der Waals surface area (Å²) >= 11 is 4.06. The van der Waals surface area contributed by atoms with Gasteiger partial charge in [-0.15, -0.1) is 23.5 Å². The number of thioether (sulfide) groups is 3. The van der Waals surface area contributed by atoms with Crippen molar-refractivity contribution in [2.45, 2.75) is 92.4 Å². The standard InChI is InChI=1S/C33H54N4O11S3/c1-5-6-20-15-24(36(3)16-20)32(44)35-26(31-29(42)28(41)30(43)33(48-31)49-4)19(2)51-14-12-47-11-13-50-18-25(39)34-23(17-38)27(40)21-7-9-22(10-8-21)37(45)46/h7-10,19-20,23-24,26-31,33,38,40-43H,5-6,11-18H2,1-4H3,(H,34,39)(H,35,44)/t19-,20-,23-,24+,26?,27-,28+,29-,30-,31-,33-/m1/s1. The van der Waals surface area contributed by atoms with Gasteiger partial charge in [-0.25, -0.2) is 0 Å². The Balaban J connectivity index is 1.45. The smallest absolute Gasteiger partial charge is 0.269 e. The molecule has 1 unspecified atom stereocenters. The first-order valence-electron chi connectivity index (χ1n) is 17.2. The maximum absolute atomic E-state index is 13.6. The van der Waals surface area contributed by atoms with E-state index in [1.165, 1.54) is 59.6 Å². The Labute approximate surface area is 312 Å². The molecule has 0 aliphatic carbocycles. The number of aliphatic hydroxyl groups is 5. The molecule has 51 heavy (non-hydrogen) atoms. The Bertz CT molecular complexity index is 1240. The van der Waals surface area contributed by atoms with E-state index >= 15 is 0 Å². The second-order valence-electron chi connectivity index (χ2n) is 12.9. The third-order valence-electron chi connectivity index (χ3n) is 9.23. The number of nitro benzene ring substituents is 1. The normalized spacial score (nSPS) is 27.7. The van der Waals surface area contributed by atoms with Crippen LogP contribution in [-0.2, 0) is 19.1 Å². The van der Waals surface area contributed by atoms with Crippen molar-refractivity contribution in [3.8, 4) is 0 Å². The van der Waals surface area contributed by atoms with Gasteiger partial charge < -0.3 is 45.6 Å². The molecule has 15 nitrogen and oxygen atoms in total. The van der Waals surface area contributed by atoms with Crippen LogP contribution in [0.4, 0.5) is 5.69 Å². The van der Waals surface area contributed by atoms with Crippen LogP contribution < -0.4 is 10.6 Å².